The predicted octanol–water partition coefficient (Wildman–Crippen LogP) is 1.70. The lowest BCUT2D eigenvalue weighted by atomic mass is 9.90. The third-order valence-corrected chi connectivity index (χ3v) is 3.12. The van der Waals surface area contributed by atoms with E-state index in [0.29, 0.717) is 12.2 Å². The van der Waals surface area contributed by atoms with Crippen molar-refractivity contribution in [2.24, 2.45) is 16.3 Å². The third-order valence-electron chi connectivity index (χ3n) is 3.12. The Morgan fingerprint density at radius 3 is 2.89 bits per heavy atom. The fraction of sp³-hybridized carbons (Fsp3) is 0.538. The maximum absolute atomic E-state index is 8.71. The number of hydrogen-bond acceptors (Lipinski definition) is 4. The Bertz CT molecular complexity index is 415. The second-order valence-corrected chi connectivity index (χ2v) is 5.12. The van der Waals surface area contributed by atoms with E-state index in [1.54, 1.807) is 6.20 Å². The predicted molar refractivity (Wildman–Crippen MR) is 72.5 cm³/mol. The SMILES string of the molecule is CCC(C)(C)CNCc1cccnc1/C(N)=N/O. The van der Waals surface area contributed by atoms with E-state index >= 15 is 0 Å². The van der Waals surface area contributed by atoms with Crippen LogP contribution in [0.5, 0.6) is 0 Å². The molecular formula is C13H22N4O. The van der Waals surface area contributed by atoms with Crippen molar-refractivity contribution < 1.29 is 5.21 Å². The average molecular weight is 250 g/mol. The standard InChI is InChI=1S/C13H22N4O/c1-4-13(2,3)9-15-8-10-6-5-7-16-11(10)12(14)17-18/h5-7,15,18H,4,8-9H2,1-3H3,(H2,14,17). The van der Waals surface area contributed by atoms with E-state index in [-0.39, 0.29) is 11.3 Å². The summed E-state index contributed by atoms with van der Waals surface area (Å²) in [5.41, 5.74) is 7.31. The highest BCUT2D eigenvalue weighted by Crippen LogP contribution is 2.18. The Morgan fingerprint density at radius 2 is 2.28 bits per heavy atom. The highest BCUT2D eigenvalue weighted by atomic mass is 16.4. The molecule has 0 aliphatic carbocycles. The summed E-state index contributed by atoms with van der Waals surface area (Å²) in [6.07, 6.45) is 2.74. The van der Waals surface area contributed by atoms with Crippen molar-refractivity contribution in [1.29, 1.82) is 0 Å². The number of nitrogens with two attached hydrogens (primary N) is 1. The molecule has 0 fully saturated rings. The Hall–Kier alpha value is -1.62. The summed E-state index contributed by atoms with van der Waals surface area (Å²) >= 11 is 0. The minimum atomic E-state index is 0.0437. The molecule has 18 heavy (non-hydrogen) atoms. The van der Waals surface area contributed by atoms with Crippen LogP contribution in [0.15, 0.2) is 23.5 Å². The van der Waals surface area contributed by atoms with Crippen molar-refractivity contribution >= 4 is 5.84 Å². The van der Waals surface area contributed by atoms with Crippen molar-refractivity contribution in [2.75, 3.05) is 6.54 Å². The summed E-state index contributed by atoms with van der Waals surface area (Å²) in [5, 5.41) is 15.1. The van der Waals surface area contributed by atoms with Crippen LogP contribution in [0.25, 0.3) is 0 Å². The van der Waals surface area contributed by atoms with Crippen molar-refractivity contribution in [3.05, 3.63) is 29.6 Å². The van der Waals surface area contributed by atoms with Gasteiger partial charge in [-0.25, -0.2) is 0 Å². The zero-order valence-electron chi connectivity index (χ0n) is 11.3. The topological polar surface area (TPSA) is 83.5 Å². The number of nitrogens with zero attached hydrogens (tertiary/aromatic N) is 2. The number of aromatic nitrogens is 1. The monoisotopic (exact) mass is 250 g/mol. The molecular weight excluding hydrogens is 228 g/mol. The van der Waals surface area contributed by atoms with Crippen molar-refractivity contribution in [2.45, 2.75) is 33.7 Å². The molecule has 5 heteroatoms. The van der Waals surface area contributed by atoms with Gasteiger partial charge in [0.15, 0.2) is 5.84 Å². The molecule has 0 amide bonds. The molecule has 100 valence electrons. The first kappa shape index (κ1) is 14.4. The van der Waals surface area contributed by atoms with Crippen LogP contribution in [0.3, 0.4) is 0 Å². The van der Waals surface area contributed by atoms with Gasteiger partial charge in [-0.3, -0.25) is 4.98 Å². The third kappa shape index (κ3) is 4.00. The Morgan fingerprint density at radius 1 is 1.56 bits per heavy atom. The lowest BCUT2D eigenvalue weighted by Gasteiger charge is -2.23. The molecule has 1 heterocycles. The fourth-order valence-corrected chi connectivity index (χ4v) is 1.52. The minimum Gasteiger partial charge on any atom is -0.409 e. The van der Waals surface area contributed by atoms with Crippen LogP contribution in [0, 0.1) is 5.41 Å². The maximum Gasteiger partial charge on any atom is 0.189 e. The van der Waals surface area contributed by atoms with Crippen LogP contribution < -0.4 is 11.1 Å². The van der Waals surface area contributed by atoms with E-state index in [2.05, 4.69) is 36.2 Å². The van der Waals surface area contributed by atoms with Crippen LogP contribution >= 0.6 is 0 Å². The summed E-state index contributed by atoms with van der Waals surface area (Å²) in [6, 6.07) is 3.77. The molecule has 1 aromatic heterocycles. The zero-order valence-corrected chi connectivity index (χ0v) is 11.3. The molecule has 0 spiro atoms. The molecule has 0 saturated carbocycles. The largest absolute Gasteiger partial charge is 0.409 e. The van der Waals surface area contributed by atoms with E-state index < -0.39 is 0 Å². The molecule has 0 aliphatic heterocycles. The van der Waals surface area contributed by atoms with Gasteiger partial charge in [0, 0.05) is 19.3 Å². The van der Waals surface area contributed by atoms with E-state index in [4.69, 9.17) is 10.9 Å². The molecule has 0 atom stereocenters. The van der Waals surface area contributed by atoms with Crippen molar-refractivity contribution in [1.82, 2.24) is 10.3 Å². The second-order valence-electron chi connectivity index (χ2n) is 5.12. The van der Waals surface area contributed by atoms with Gasteiger partial charge in [0.05, 0.1) is 0 Å². The maximum atomic E-state index is 8.71. The molecule has 5 nitrogen and oxygen atoms in total. The Labute approximate surface area is 108 Å². The average Bonchev–Trinajstić information content (AvgIpc) is 2.38. The van der Waals surface area contributed by atoms with Gasteiger partial charge in [-0.2, -0.15) is 0 Å². The number of oxime groups is 1. The highest BCUT2D eigenvalue weighted by molar-refractivity contribution is 5.96. The van der Waals surface area contributed by atoms with Gasteiger partial charge in [-0.1, -0.05) is 32.0 Å². The molecule has 0 radical (unpaired) electrons. The van der Waals surface area contributed by atoms with Crippen LogP contribution in [0.1, 0.15) is 38.4 Å². The van der Waals surface area contributed by atoms with Gasteiger partial charge in [0.2, 0.25) is 0 Å². The lowest BCUT2D eigenvalue weighted by Crippen LogP contribution is -2.29. The van der Waals surface area contributed by atoms with Gasteiger partial charge in [-0.05, 0) is 23.5 Å². The number of hydrogen-bond donors (Lipinski definition) is 3. The molecule has 1 aromatic rings. The summed E-state index contributed by atoms with van der Waals surface area (Å²) in [4.78, 5) is 4.13. The quantitative estimate of drug-likeness (QED) is 0.310. The van der Waals surface area contributed by atoms with Crippen LogP contribution in [-0.2, 0) is 6.54 Å². The first-order chi connectivity index (χ1) is 8.50. The molecule has 0 bridgehead atoms. The number of amidine groups is 1. The molecule has 0 saturated heterocycles. The van der Waals surface area contributed by atoms with Gasteiger partial charge in [-0.15, -0.1) is 0 Å². The molecule has 0 unspecified atom stereocenters. The molecule has 4 N–H and O–H groups in total. The van der Waals surface area contributed by atoms with E-state index in [9.17, 15) is 0 Å². The molecule has 0 aliphatic rings. The van der Waals surface area contributed by atoms with Gasteiger partial charge >= 0.3 is 0 Å². The van der Waals surface area contributed by atoms with E-state index in [1.165, 1.54) is 0 Å². The van der Waals surface area contributed by atoms with Crippen molar-refractivity contribution in [3.63, 3.8) is 0 Å². The Kier molecular flexibility index (Phi) is 5.09. The molecule has 1 rings (SSSR count). The van der Waals surface area contributed by atoms with Gasteiger partial charge < -0.3 is 16.3 Å². The van der Waals surface area contributed by atoms with Crippen LogP contribution in [-0.4, -0.2) is 22.6 Å². The van der Waals surface area contributed by atoms with Crippen molar-refractivity contribution in [3.8, 4) is 0 Å². The summed E-state index contributed by atoms with van der Waals surface area (Å²) in [5.74, 6) is 0.0437. The Balaban J connectivity index is 2.68. The number of rotatable bonds is 6. The van der Waals surface area contributed by atoms with Gasteiger partial charge in [0.1, 0.15) is 5.69 Å². The minimum absolute atomic E-state index is 0.0437. The molecule has 0 aromatic carbocycles. The smallest absolute Gasteiger partial charge is 0.189 e. The summed E-state index contributed by atoms with van der Waals surface area (Å²) < 4.78 is 0. The first-order valence-corrected chi connectivity index (χ1v) is 6.12. The summed E-state index contributed by atoms with van der Waals surface area (Å²) in [6.45, 7) is 8.17. The zero-order chi connectivity index (χ0) is 13.6. The fourth-order valence-electron chi connectivity index (χ4n) is 1.52. The number of pyridine rings is 1. The van der Waals surface area contributed by atoms with Crippen LogP contribution in [0.2, 0.25) is 0 Å². The summed E-state index contributed by atoms with van der Waals surface area (Å²) in [7, 11) is 0. The normalized spacial score (nSPS) is 12.7. The first-order valence-electron chi connectivity index (χ1n) is 6.12. The number of nitrogens with one attached hydrogen (secondary N) is 1. The van der Waals surface area contributed by atoms with Gasteiger partial charge in [0.25, 0.3) is 0 Å². The second kappa shape index (κ2) is 6.35. The van der Waals surface area contributed by atoms with E-state index in [1.807, 2.05) is 12.1 Å². The van der Waals surface area contributed by atoms with E-state index in [0.717, 1.165) is 18.5 Å². The van der Waals surface area contributed by atoms with Crippen LogP contribution in [0.4, 0.5) is 0 Å². The highest BCUT2D eigenvalue weighted by Gasteiger charge is 2.15. The lowest BCUT2D eigenvalue weighted by molar-refractivity contribution is 0.318.